The van der Waals surface area contributed by atoms with Gasteiger partial charge in [-0.25, -0.2) is 4.85 Å². The fourth-order valence-electron chi connectivity index (χ4n) is 7.48. The van der Waals surface area contributed by atoms with Gasteiger partial charge in [-0.15, -0.1) is 0 Å². The van der Waals surface area contributed by atoms with E-state index in [1.54, 1.807) is 0 Å². The van der Waals surface area contributed by atoms with Crippen LogP contribution in [0.25, 0.3) is 82.1 Å². The number of hydrogen-bond donors (Lipinski definition) is 0. The third-order valence-electron chi connectivity index (χ3n) is 9.60. The van der Waals surface area contributed by atoms with E-state index in [4.69, 9.17) is 6.57 Å². The summed E-state index contributed by atoms with van der Waals surface area (Å²) >= 11 is 0. The summed E-state index contributed by atoms with van der Waals surface area (Å²) in [5.41, 5.74) is 11.4. The average Bonchev–Trinajstić information content (AvgIpc) is 3.69. The highest BCUT2D eigenvalue weighted by atomic mass is 15.0. The molecule has 0 aliphatic carbocycles. The maximum absolute atomic E-state index is 10.6. The number of benzene rings is 7. The first-order chi connectivity index (χ1) is 24.7. The van der Waals surface area contributed by atoms with Gasteiger partial charge in [0, 0.05) is 27.4 Å². The monoisotopic (exact) mass is 635 g/mol. The van der Waals surface area contributed by atoms with Crippen LogP contribution in [0.2, 0.25) is 0 Å². The Bertz CT molecular complexity index is 2850. The van der Waals surface area contributed by atoms with Crippen LogP contribution in [0.3, 0.4) is 0 Å². The van der Waals surface area contributed by atoms with Crippen molar-refractivity contribution in [2.75, 3.05) is 0 Å². The second kappa shape index (κ2) is 11.4. The number of nitrogens with zero attached hydrogens (tertiary/aromatic N) is 5. The Morgan fingerprint density at radius 2 is 1.14 bits per heavy atom. The topological polar surface area (TPSA) is 61.8 Å². The highest BCUT2D eigenvalue weighted by molar-refractivity contribution is 6.12. The molecule has 2 aromatic heterocycles. The van der Waals surface area contributed by atoms with Crippen LogP contribution >= 0.6 is 0 Å². The minimum absolute atomic E-state index is 0.526. The molecule has 0 aliphatic rings. The SMILES string of the molecule is [C-]#[N+]c1ccc2c(c1)c1cc(C#N)ccc1n2-c1cccc(C#N)c1-c1ccccc1-c1cccc(-n2c3ccccc3c3ccccc32)c1. The molecule has 5 heteroatoms. The molecule has 0 unspecified atom stereocenters. The first-order valence-corrected chi connectivity index (χ1v) is 16.3. The van der Waals surface area contributed by atoms with Gasteiger partial charge in [-0.2, -0.15) is 10.5 Å². The highest BCUT2D eigenvalue weighted by Crippen LogP contribution is 2.42. The lowest BCUT2D eigenvalue weighted by molar-refractivity contribution is 1.18. The van der Waals surface area contributed by atoms with E-state index >= 15 is 0 Å². The molecule has 9 rings (SSSR count). The normalized spacial score (nSPS) is 11.1. The zero-order valence-corrected chi connectivity index (χ0v) is 26.7. The van der Waals surface area contributed by atoms with Gasteiger partial charge < -0.3 is 9.13 Å². The molecule has 0 atom stereocenters. The summed E-state index contributed by atoms with van der Waals surface area (Å²) in [6.07, 6.45) is 0. The molecule has 2 heterocycles. The van der Waals surface area contributed by atoms with Crippen molar-refractivity contribution in [1.82, 2.24) is 9.13 Å². The molecule has 0 N–H and O–H groups in total. The number of nitriles is 2. The lowest BCUT2D eigenvalue weighted by Gasteiger charge is -2.19. The van der Waals surface area contributed by atoms with Gasteiger partial charge in [0.25, 0.3) is 0 Å². The second-order valence-corrected chi connectivity index (χ2v) is 12.3. The first kappa shape index (κ1) is 28.8. The Morgan fingerprint density at radius 3 is 1.86 bits per heavy atom. The van der Waals surface area contributed by atoms with Crippen molar-refractivity contribution in [3.8, 4) is 45.8 Å². The van der Waals surface area contributed by atoms with Gasteiger partial charge in [0.15, 0.2) is 5.69 Å². The van der Waals surface area contributed by atoms with Crippen LogP contribution in [0.4, 0.5) is 5.69 Å². The zero-order chi connectivity index (χ0) is 33.8. The summed E-state index contributed by atoms with van der Waals surface area (Å²) in [5.74, 6) is 0. The lowest BCUT2D eigenvalue weighted by Crippen LogP contribution is -2.01. The van der Waals surface area contributed by atoms with Crippen LogP contribution in [0.15, 0.2) is 152 Å². The van der Waals surface area contributed by atoms with Crippen molar-refractivity contribution in [2.45, 2.75) is 0 Å². The van der Waals surface area contributed by atoms with Crippen molar-refractivity contribution >= 4 is 49.3 Å². The van der Waals surface area contributed by atoms with Gasteiger partial charge in [-0.3, -0.25) is 0 Å². The molecule has 9 aromatic rings. The van der Waals surface area contributed by atoms with Crippen LogP contribution in [0, 0.1) is 29.2 Å². The molecule has 0 bridgehead atoms. The number of rotatable bonds is 4. The van der Waals surface area contributed by atoms with E-state index in [0.717, 1.165) is 66.5 Å². The summed E-state index contributed by atoms with van der Waals surface area (Å²) in [5, 5.41) is 24.5. The number of aromatic nitrogens is 2. The van der Waals surface area contributed by atoms with Crippen LogP contribution in [-0.2, 0) is 0 Å². The summed E-state index contributed by atoms with van der Waals surface area (Å²) in [6.45, 7) is 7.65. The Labute approximate surface area is 288 Å². The largest absolute Gasteiger partial charge is 0.309 e. The van der Waals surface area contributed by atoms with Crippen molar-refractivity contribution < 1.29 is 0 Å². The Morgan fingerprint density at radius 1 is 0.500 bits per heavy atom. The van der Waals surface area contributed by atoms with Gasteiger partial charge >= 0.3 is 0 Å². The molecule has 230 valence electrons. The minimum atomic E-state index is 0.526. The fourth-order valence-corrected chi connectivity index (χ4v) is 7.48. The van der Waals surface area contributed by atoms with E-state index < -0.39 is 0 Å². The molecule has 0 saturated heterocycles. The Hall–Kier alpha value is -7.39. The van der Waals surface area contributed by atoms with E-state index in [2.05, 4.69) is 111 Å². The molecule has 0 amide bonds. The highest BCUT2D eigenvalue weighted by Gasteiger charge is 2.21. The molecule has 0 saturated carbocycles. The third kappa shape index (κ3) is 4.31. The average molecular weight is 636 g/mol. The molecule has 0 radical (unpaired) electrons. The first-order valence-electron chi connectivity index (χ1n) is 16.3. The lowest BCUT2D eigenvalue weighted by atomic mass is 9.90. The van der Waals surface area contributed by atoms with Crippen LogP contribution in [0.5, 0.6) is 0 Å². The van der Waals surface area contributed by atoms with E-state index in [9.17, 15) is 10.5 Å². The molecule has 0 aliphatic heterocycles. The smallest absolute Gasteiger partial charge is 0.188 e. The van der Waals surface area contributed by atoms with Gasteiger partial charge in [-0.1, -0.05) is 84.9 Å². The van der Waals surface area contributed by atoms with Crippen LogP contribution in [0.1, 0.15) is 11.1 Å². The molecule has 7 aromatic carbocycles. The molecule has 50 heavy (non-hydrogen) atoms. The summed E-state index contributed by atoms with van der Waals surface area (Å²) < 4.78 is 4.47. The third-order valence-corrected chi connectivity index (χ3v) is 9.60. The number of hydrogen-bond acceptors (Lipinski definition) is 2. The number of fused-ring (bicyclic) bond motifs is 6. The number of para-hydroxylation sites is 2. The molecule has 0 fully saturated rings. The molecular weight excluding hydrogens is 611 g/mol. The van der Waals surface area contributed by atoms with Crippen LogP contribution < -0.4 is 0 Å². The predicted octanol–water partition coefficient (Wildman–Crippen LogP) is 11.5. The van der Waals surface area contributed by atoms with E-state index in [0.29, 0.717) is 16.8 Å². The molecule has 0 spiro atoms. The van der Waals surface area contributed by atoms with E-state index in [1.807, 2.05) is 66.7 Å². The van der Waals surface area contributed by atoms with Gasteiger partial charge in [0.2, 0.25) is 0 Å². The maximum atomic E-state index is 10.6. The van der Waals surface area contributed by atoms with E-state index in [1.165, 1.54) is 10.8 Å². The van der Waals surface area contributed by atoms with Gasteiger partial charge in [0.05, 0.1) is 57.6 Å². The minimum Gasteiger partial charge on any atom is -0.309 e. The Kier molecular flexibility index (Phi) is 6.56. The quantitative estimate of drug-likeness (QED) is 0.181. The van der Waals surface area contributed by atoms with Gasteiger partial charge in [0.1, 0.15) is 0 Å². The van der Waals surface area contributed by atoms with Crippen molar-refractivity contribution in [3.05, 3.63) is 174 Å². The summed E-state index contributed by atoms with van der Waals surface area (Å²) in [7, 11) is 0. The van der Waals surface area contributed by atoms with Crippen LogP contribution in [-0.4, -0.2) is 9.13 Å². The summed E-state index contributed by atoms with van der Waals surface area (Å²) in [4.78, 5) is 3.68. The van der Waals surface area contributed by atoms with Crippen molar-refractivity contribution in [1.29, 1.82) is 10.5 Å². The summed E-state index contributed by atoms with van der Waals surface area (Å²) in [6, 6.07) is 55.7. The zero-order valence-electron chi connectivity index (χ0n) is 26.7. The van der Waals surface area contributed by atoms with E-state index in [-0.39, 0.29) is 0 Å². The fraction of sp³-hybridized carbons (Fsp3) is 0. The maximum Gasteiger partial charge on any atom is 0.188 e. The Balaban J connectivity index is 1.30. The standard InChI is InChI=1S/C45H25N5/c1-48-32-21-23-43-39(26-32)38-24-29(27-46)20-22-42(38)50(43)44-19-9-11-31(28-47)45(44)37-16-3-2-13-34(37)30-10-8-12-33(25-30)49-40-17-6-4-14-35(40)36-15-5-7-18-41(36)49/h2-26H. The van der Waals surface area contributed by atoms with Crippen molar-refractivity contribution in [2.24, 2.45) is 0 Å². The predicted molar refractivity (Wildman–Crippen MR) is 202 cm³/mol. The molecule has 5 nitrogen and oxygen atoms in total. The van der Waals surface area contributed by atoms with Gasteiger partial charge in [-0.05, 0) is 88.8 Å². The van der Waals surface area contributed by atoms with Crippen molar-refractivity contribution in [3.63, 3.8) is 0 Å². The second-order valence-electron chi connectivity index (χ2n) is 12.3. The molecular formula is C45H25N5.